The SMILES string of the molecule is C=CC=Cc1ccc(N(CCC)CCC)cc1. The lowest BCUT2D eigenvalue weighted by molar-refractivity contribution is 0.745. The fourth-order valence-corrected chi connectivity index (χ4v) is 1.89. The first kappa shape index (κ1) is 13.6. The van der Waals surface area contributed by atoms with E-state index in [1.807, 2.05) is 6.08 Å². The molecule has 0 aliphatic carbocycles. The summed E-state index contributed by atoms with van der Waals surface area (Å²) in [4.78, 5) is 2.45. The zero-order valence-corrected chi connectivity index (χ0v) is 11.0. The van der Waals surface area contributed by atoms with E-state index in [9.17, 15) is 0 Å². The van der Waals surface area contributed by atoms with Crippen LogP contribution in [0.15, 0.2) is 43.0 Å². The van der Waals surface area contributed by atoms with Crippen LogP contribution in [0.2, 0.25) is 0 Å². The molecule has 0 radical (unpaired) electrons. The van der Waals surface area contributed by atoms with E-state index in [0.717, 1.165) is 13.1 Å². The lowest BCUT2D eigenvalue weighted by Gasteiger charge is -2.23. The van der Waals surface area contributed by atoms with Gasteiger partial charge in [-0.3, -0.25) is 0 Å². The van der Waals surface area contributed by atoms with Crippen molar-refractivity contribution in [2.75, 3.05) is 18.0 Å². The van der Waals surface area contributed by atoms with Gasteiger partial charge in [0.15, 0.2) is 0 Å². The summed E-state index contributed by atoms with van der Waals surface area (Å²) in [5.74, 6) is 0. The lowest BCUT2D eigenvalue weighted by atomic mass is 10.1. The Hall–Kier alpha value is -1.50. The molecule has 0 atom stereocenters. The standard InChI is InChI=1S/C16H23N/c1-4-7-8-15-9-11-16(12-10-15)17(13-5-2)14-6-3/h4,7-12H,1,5-6,13-14H2,2-3H3. The summed E-state index contributed by atoms with van der Waals surface area (Å²) in [6.07, 6.45) is 8.22. The highest BCUT2D eigenvalue weighted by atomic mass is 15.1. The van der Waals surface area contributed by atoms with Gasteiger partial charge in [-0.05, 0) is 30.5 Å². The minimum absolute atomic E-state index is 1.13. The van der Waals surface area contributed by atoms with Crippen LogP contribution in [0.25, 0.3) is 6.08 Å². The van der Waals surface area contributed by atoms with Crippen LogP contribution in [0.1, 0.15) is 32.3 Å². The molecule has 0 spiro atoms. The maximum atomic E-state index is 3.68. The summed E-state index contributed by atoms with van der Waals surface area (Å²) in [6, 6.07) is 8.73. The smallest absolute Gasteiger partial charge is 0.0366 e. The van der Waals surface area contributed by atoms with Gasteiger partial charge in [0.05, 0.1) is 0 Å². The summed E-state index contributed by atoms with van der Waals surface area (Å²) < 4.78 is 0. The van der Waals surface area contributed by atoms with Gasteiger partial charge in [-0.1, -0.05) is 50.8 Å². The first-order valence-corrected chi connectivity index (χ1v) is 6.46. The first-order chi connectivity index (χ1) is 8.31. The summed E-state index contributed by atoms with van der Waals surface area (Å²) in [5.41, 5.74) is 2.55. The van der Waals surface area contributed by atoms with E-state index in [4.69, 9.17) is 0 Å². The Balaban J connectivity index is 2.76. The van der Waals surface area contributed by atoms with Crippen LogP contribution in [-0.4, -0.2) is 13.1 Å². The molecule has 0 bridgehead atoms. The molecule has 17 heavy (non-hydrogen) atoms. The molecule has 0 amide bonds. The predicted molar refractivity (Wildman–Crippen MR) is 78.5 cm³/mol. The fourth-order valence-electron chi connectivity index (χ4n) is 1.89. The normalized spacial score (nSPS) is 10.7. The van der Waals surface area contributed by atoms with Crippen molar-refractivity contribution in [1.82, 2.24) is 0 Å². The van der Waals surface area contributed by atoms with Gasteiger partial charge in [-0.15, -0.1) is 0 Å². The van der Waals surface area contributed by atoms with Crippen LogP contribution >= 0.6 is 0 Å². The molecule has 0 saturated heterocycles. The monoisotopic (exact) mass is 229 g/mol. The largest absolute Gasteiger partial charge is 0.372 e. The number of hydrogen-bond donors (Lipinski definition) is 0. The van der Waals surface area contributed by atoms with E-state index in [-0.39, 0.29) is 0 Å². The predicted octanol–water partition coefficient (Wildman–Crippen LogP) is 4.51. The van der Waals surface area contributed by atoms with Crippen LogP contribution in [0.3, 0.4) is 0 Å². The van der Waals surface area contributed by atoms with Crippen molar-refractivity contribution in [3.63, 3.8) is 0 Å². The molecule has 1 aromatic carbocycles. The van der Waals surface area contributed by atoms with Gasteiger partial charge < -0.3 is 4.90 Å². The highest BCUT2D eigenvalue weighted by Crippen LogP contribution is 2.16. The highest BCUT2D eigenvalue weighted by Gasteiger charge is 2.03. The Morgan fingerprint density at radius 2 is 1.65 bits per heavy atom. The average molecular weight is 229 g/mol. The van der Waals surface area contributed by atoms with Crippen molar-refractivity contribution in [2.24, 2.45) is 0 Å². The van der Waals surface area contributed by atoms with Gasteiger partial charge in [0.25, 0.3) is 0 Å². The first-order valence-electron chi connectivity index (χ1n) is 6.46. The minimum atomic E-state index is 1.13. The van der Waals surface area contributed by atoms with E-state index < -0.39 is 0 Å². The third-order valence-electron chi connectivity index (χ3n) is 2.67. The average Bonchev–Trinajstić information content (AvgIpc) is 2.37. The van der Waals surface area contributed by atoms with Gasteiger partial charge in [0.2, 0.25) is 0 Å². The van der Waals surface area contributed by atoms with Gasteiger partial charge >= 0.3 is 0 Å². The van der Waals surface area contributed by atoms with Crippen LogP contribution in [0.4, 0.5) is 5.69 Å². The molecule has 1 heteroatoms. The number of nitrogens with zero attached hydrogens (tertiary/aromatic N) is 1. The van der Waals surface area contributed by atoms with Crippen LogP contribution in [-0.2, 0) is 0 Å². The molecule has 0 fully saturated rings. The molecule has 0 N–H and O–H groups in total. The van der Waals surface area contributed by atoms with E-state index >= 15 is 0 Å². The second kappa shape index (κ2) is 7.72. The molecule has 0 aliphatic rings. The van der Waals surface area contributed by atoms with E-state index in [2.05, 4.69) is 55.7 Å². The van der Waals surface area contributed by atoms with Gasteiger partial charge in [-0.2, -0.15) is 0 Å². The van der Waals surface area contributed by atoms with E-state index in [1.165, 1.54) is 24.1 Å². The zero-order valence-electron chi connectivity index (χ0n) is 11.0. The van der Waals surface area contributed by atoms with Crippen molar-refractivity contribution in [3.8, 4) is 0 Å². The maximum Gasteiger partial charge on any atom is 0.0366 e. The van der Waals surface area contributed by atoms with Crippen molar-refractivity contribution in [1.29, 1.82) is 0 Å². The second-order valence-electron chi connectivity index (χ2n) is 4.17. The summed E-state index contributed by atoms with van der Waals surface area (Å²) in [7, 11) is 0. The summed E-state index contributed by atoms with van der Waals surface area (Å²) >= 11 is 0. The van der Waals surface area contributed by atoms with Crippen LogP contribution in [0, 0.1) is 0 Å². The van der Waals surface area contributed by atoms with Gasteiger partial charge in [-0.25, -0.2) is 0 Å². The molecule has 0 aliphatic heterocycles. The number of anilines is 1. The molecule has 0 unspecified atom stereocenters. The zero-order chi connectivity index (χ0) is 12.5. The highest BCUT2D eigenvalue weighted by molar-refractivity contribution is 5.56. The Kier molecular flexibility index (Phi) is 6.16. The van der Waals surface area contributed by atoms with Gasteiger partial charge in [0, 0.05) is 18.8 Å². The lowest BCUT2D eigenvalue weighted by Crippen LogP contribution is -2.24. The molecule has 0 aromatic heterocycles. The number of rotatable bonds is 7. The molecular weight excluding hydrogens is 206 g/mol. The third-order valence-corrected chi connectivity index (χ3v) is 2.67. The molecule has 1 rings (SSSR count). The molecule has 92 valence electrons. The molecule has 1 aromatic rings. The molecule has 0 saturated carbocycles. The van der Waals surface area contributed by atoms with E-state index in [1.54, 1.807) is 6.08 Å². The van der Waals surface area contributed by atoms with Crippen molar-refractivity contribution in [2.45, 2.75) is 26.7 Å². The summed E-state index contributed by atoms with van der Waals surface area (Å²) in [6.45, 7) is 10.4. The van der Waals surface area contributed by atoms with Gasteiger partial charge in [0.1, 0.15) is 0 Å². The number of hydrogen-bond acceptors (Lipinski definition) is 1. The Morgan fingerprint density at radius 3 is 2.12 bits per heavy atom. The van der Waals surface area contributed by atoms with Crippen molar-refractivity contribution >= 4 is 11.8 Å². The Morgan fingerprint density at radius 1 is 1.06 bits per heavy atom. The molecular formula is C16H23N. The molecule has 0 heterocycles. The quantitative estimate of drug-likeness (QED) is 0.622. The second-order valence-corrected chi connectivity index (χ2v) is 4.17. The Bertz CT molecular complexity index is 342. The fraction of sp³-hybridized carbons (Fsp3) is 0.375. The van der Waals surface area contributed by atoms with Crippen molar-refractivity contribution < 1.29 is 0 Å². The number of benzene rings is 1. The molecule has 1 nitrogen and oxygen atoms in total. The number of allylic oxidation sites excluding steroid dienone is 2. The third kappa shape index (κ3) is 4.48. The summed E-state index contributed by atoms with van der Waals surface area (Å²) in [5, 5.41) is 0. The Labute approximate surface area is 105 Å². The van der Waals surface area contributed by atoms with Crippen LogP contribution in [0.5, 0.6) is 0 Å². The van der Waals surface area contributed by atoms with Crippen LogP contribution < -0.4 is 4.90 Å². The van der Waals surface area contributed by atoms with Crippen molar-refractivity contribution in [3.05, 3.63) is 48.6 Å². The topological polar surface area (TPSA) is 3.24 Å². The maximum absolute atomic E-state index is 3.68. The van der Waals surface area contributed by atoms with E-state index in [0.29, 0.717) is 0 Å². The minimum Gasteiger partial charge on any atom is -0.372 e.